The minimum atomic E-state index is -0.618. The van der Waals surface area contributed by atoms with Crippen LogP contribution < -0.4 is 0 Å². The van der Waals surface area contributed by atoms with E-state index in [1.165, 1.54) is 17.8 Å². The second-order valence-electron chi connectivity index (χ2n) is 5.79. The summed E-state index contributed by atoms with van der Waals surface area (Å²) in [5, 5.41) is 9.10. The molecule has 1 aliphatic rings. The van der Waals surface area contributed by atoms with Crippen molar-refractivity contribution in [3.8, 4) is 6.07 Å². The first kappa shape index (κ1) is 18.8. The van der Waals surface area contributed by atoms with E-state index in [4.69, 9.17) is 11.6 Å². The van der Waals surface area contributed by atoms with Crippen molar-refractivity contribution in [3.05, 3.63) is 63.9 Å². The number of allylic oxidation sites excluding steroid dienone is 5. The van der Waals surface area contributed by atoms with Crippen molar-refractivity contribution >= 4 is 23.0 Å². The molecule has 128 valence electrons. The molecule has 1 aromatic rings. The smallest absolute Gasteiger partial charge is 0.164 e. The van der Waals surface area contributed by atoms with Crippen molar-refractivity contribution in [2.24, 2.45) is 9.98 Å². The normalized spacial score (nSPS) is 15.8. The van der Waals surface area contributed by atoms with Gasteiger partial charge in [-0.3, -0.25) is 4.99 Å². The van der Waals surface area contributed by atoms with E-state index in [1.807, 2.05) is 26.0 Å². The quantitative estimate of drug-likeness (QED) is 0.328. The monoisotopic (exact) mass is 356 g/mol. The van der Waals surface area contributed by atoms with Crippen LogP contribution in [0.4, 0.5) is 4.39 Å². The summed E-state index contributed by atoms with van der Waals surface area (Å²) in [5.74, 6) is -0.618. The Kier molecular flexibility index (Phi) is 6.37. The number of pyridine rings is 1. The van der Waals surface area contributed by atoms with Gasteiger partial charge >= 0.3 is 0 Å². The molecule has 4 nitrogen and oxygen atoms in total. The molecule has 0 amide bonds. The topological polar surface area (TPSA) is 61.4 Å². The Morgan fingerprint density at radius 2 is 2.24 bits per heavy atom. The number of nitrogens with zero attached hydrogens (tertiary/aromatic N) is 4. The van der Waals surface area contributed by atoms with E-state index in [2.05, 4.69) is 21.0 Å². The SMILES string of the molecule is CC1=CC(C/C=C(C)\C=C(\C#N)N=C(C)c2cnc(Cl)c(F)c2)=NC1. The molecule has 0 saturated carbocycles. The van der Waals surface area contributed by atoms with Gasteiger partial charge in [-0.1, -0.05) is 28.8 Å². The highest BCUT2D eigenvalue weighted by Crippen LogP contribution is 2.14. The highest BCUT2D eigenvalue weighted by atomic mass is 35.5. The van der Waals surface area contributed by atoms with E-state index in [9.17, 15) is 9.65 Å². The van der Waals surface area contributed by atoms with Crippen molar-refractivity contribution in [2.45, 2.75) is 27.2 Å². The molecule has 2 rings (SSSR count). The molecular weight excluding hydrogens is 339 g/mol. The predicted molar refractivity (Wildman–Crippen MR) is 99.5 cm³/mol. The molecule has 0 radical (unpaired) electrons. The molecule has 0 spiro atoms. The average molecular weight is 357 g/mol. The summed E-state index contributed by atoms with van der Waals surface area (Å²) in [5.41, 5.74) is 4.40. The lowest BCUT2D eigenvalue weighted by Gasteiger charge is -2.02. The van der Waals surface area contributed by atoms with Gasteiger partial charge in [0, 0.05) is 29.6 Å². The van der Waals surface area contributed by atoms with Gasteiger partial charge in [-0.25, -0.2) is 14.4 Å². The fraction of sp³-hybridized carbons (Fsp3) is 0.263. The van der Waals surface area contributed by atoms with Gasteiger partial charge in [0.25, 0.3) is 0 Å². The first-order valence-corrected chi connectivity index (χ1v) is 8.12. The molecule has 2 heterocycles. The first-order chi connectivity index (χ1) is 11.9. The van der Waals surface area contributed by atoms with Crippen molar-refractivity contribution in [2.75, 3.05) is 6.54 Å². The highest BCUT2D eigenvalue weighted by molar-refractivity contribution is 6.29. The van der Waals surface area contributed by atoms with E-state index in [0.29, 0.717) is 17.7 Å². The fourth-order valence-corrected chi connectivity index (χ4v) is 2.32. The highest BCUT2D eigenvalue weighted by Gasteiger charge is 2.06. The van der Waals surface area contributed by atoms with Crippen LogP contribution in [-0.2, 0) is 0 Å². The van der Waals surface area contributed by atoms with Crippen LogP contribution in [0.15, 0.2) is 57.3 Å². The largest absolute Gasteiger partial charge is 0.285 e. The number of aromatic nitrogens is 1. The zero-order chi connectivity index (χ0) is 18.4. The summed E-state index contributed by atoms with van der Waals surface area (Å²) >= 11 is 5.57. The molecule has 0 atom stereocenters. The summed E-state index contributed by atoms with van der Waals surface area (Å²) < 4.78 is 13.5. The lowest BCUT2D eigenvalue weighted by molar-refractivity contribution is 0.621. The minimum absolute atomic E-state index is 0.189. The van der Waals surface area contributed by atoms with Crippen LogP contribution in [0.3, 0.4) is 0 Å². The number of halogens is 2. The maximum atomic E-state index is 13.5. The lowest BCUT2D eigenvalue weighted by Crippen LogP contribution is -1.98. The Balaban J connectivity index is 2.15. The van der Waals surface area contributed by atoms with Crippen LogP contribution >= 0.6 is 11.6 Å². The van der Waals surface area contributed by atoms with Crippen LogP contribution in [0.25, 0.3) is 0 Å². The second kappa shape index (κ2) is 8.50. The molecule has 1 aliphatic heterocycles. The van der Waals surface area contributed by atoms with Gasteiger partial charge in [0.15, 0.2) is 11.0 Å². The third-order valence-electron chi connectivity index (χ3n) is 3.56. The number of hydrogen-bond acceptors (Lipinski definition) is 4. The molecule has 0 N–H and O–H groups in total. The number of aliphatic imine (C=N–C) groups is 2. The molecule has 25 heavy (non-hydrogen) atoms. The van der Waals surface area contributed by atoms with Gasteiger partial charge in [-0.2, -0.15) is 5.26 Å². The Bertz CT molecular complexity index is 870. The maximum absolute atomic E-state index is 13.5. The third kappa shape index (κ3) is 5.47. The van der Waals surface area contributed by atoms with Crippen molar-refractivity contribution in [3.63, 3.8) is 0 Å². The van der Waals surface area contributed by atoms with E-state index >= 15 is 0 Å². The Hall–Kier alpha value is -2.58. The molecule has 0 aromatic carbocycles. The molecule has 0 aliphatic carbocycles. The number of hydrogen-bond donors (Lipinski definition) is 0. The molecule has 1 aromatic heterocycles. The van der Waals surface area contributed by atoms with Crippen LogP contribution in [0.5, 0.6) is 0 Å². The molecule has 0 unspecified atom stereocenters. The maximum Gasteiger partial charge on any atom is 0.164 e. The minimum Gasteiger partial charge on any atom is -0.285 e. The lowest BCUT2D eigenvalue weighted by atomic mass is 10.1. The zero-order valence-corrected chi connectivity index (χ0v) is 15.1. The van der Waals surface area contributed by atoms with E-state index in [1.54, 1.807) is 13.0 Å². The Morgan fingerprint density at radius 3 is 2.84 bits per heavy atom. The van der Waals surface area contributed by atoms with Gasteiger partial charge in [-0.05, 0) is 39.0 Å². The first-order valence-electron chi connectivity index (χ1n) is 7.75. The van der Waals surface area contributed by atoms with Crippen LogP contribution in [-0.4, -0.2) is 23.0 Å². The summed E-state index contributed by atoms with van der Waals surface area (Å²) in [4.78, 5) is 12.4. The Labute approximate surface area is 151 Å². The summed E-state index contributed by atoms with van der Waals surface area (Å²) in [6.45, 7) is 6.40. The molecule has 0 bridgehead atoms. The number of nitriles is 1. The van der Waals surface area contributed by atoms with E-state index in [-0.39, 0.29) is 10.9 Å². The zero-order valence-electron chi connectivity index (χ0n) is 14.3. The summed E-state index contributed by atoms with van der Waals surface area (Å²) in [7, 11) is 0. The fourth-order valence-electron chi connectivity index (χ4n) is 2.22. The second-order valence-corrected chi connectivity index (χ2v) is 6.14. The molecular formula is C19H18ClFN4. The van der Waals surface area contributed by atoms with Crippen molar-refractivity contribution in [1.82, 2.24) is 4.98 Å². The van der Waals surface area contributed by atoms with E-state index < -0.39 is 5.82 Å². The van der Waals surface area contributed by atoms with Crippen LogP contribution in [0.1, 0.15) is 32.8 Å². The standard InChI is InChI=1S/C19H18ClFN4/c1-12(4-5-16-7-13(2)10-23-16)6-17(9-22)25-14(3)15-8-18(21)19(20)24-11-15/h4,6-8,11H,5,10H2,1-3H3/b12-4-,17-6-,25-14?. The summed E-state index contributed by atoms with van der Waals surface area (Å²) in [6.07, 6.45) is 7.90. The number of rotatable bonds is 5. The van der Waals surface area contributed by atoms with E-state index in [0.717, 1.165) is 17.8 Å². The predicted octanol–water partition coefficient (Wildman–Crippen LogP) is 4.83. The van der Waals surface area contributed by atoms with Gasteiger partial charge in [0.05, 0.1) is 6.54 Å². The van der Waals surface area contributed by atoms with Gasteiger partial charge in [0.1, 0.15) is 11.8 Å². The van der Waals surface area contributed by atoms with Crippen molar-refractivity contribution < 1.29 is 4.39 Å². The van der Waals surface area contributed by atoms with Crippen LogP contribution in [0.2, 0.25) is 5.15 Å². The van der Waals surface area contributed by atoms with Crippen molar-refractivity contribution in [1.29, 1.82) is 5.26 Å². The average Bonchev–Trinajstić information content (AvgIpc) is 3.00. The van der Waals surface area contributed by atoms with Crippen LogP contribution in [0, 0.1) is 17.1 Å². The summed E-state index contributed by atoms with van der Waals surface area (Å²) in [6, 6.07) is 3.29. The van der Waals surface area contributed by atoms with Gasteiger partial charge in [0.2, 0.25) is 0 Å². The molecule has 0 fully saturated rings. The molecule has 0 saturated heterocycles. The van der Waals surface area contributed by atoms with Gasteiger partial charge < -0.3 is 0 Å². The Morgan fingerprint density at radius 1 is 1.48 bits per heavy atom. The van der Waals surface area contributed by atoms with Gasteiger partial charge in [-0.15, -0.1) is 0 Å². The molecule has 6 heteroatoms. The third-order valence-corrected chi connectivity index (χ3v) is 3.84.